The molecule has 128 valence electrons. The van der Waals surface area contributed by atoms with E-state index in [9.17, 15) is 13.6 Å². The standard InChI is InChI=1S/C17H19F2N3O2/c18-12-7-4-8-13(19)17(12)14-9-15(22-21-14)20-16(23)10-24-11-5-2-1-3-6-11/h4,7-9,11H,1-3,5-6,10H2,(H2,20,21,22,23). The van der Waals surface area contributed by atoms with Gasteiger partial charge in [-0.15, -0.1) is 0 Å². The molecular formula is C17H19F2N3O2. The zero-order valence-electron chi connectivity index (χ0n) is 13.1. The van der Waals surface area contributed by atoms with Crippen molar-refractivity contribution in [3.05, 3.63) is 35.9 Å². The number of nitrogens with one attached hydrogen (secondary N) is 2. The highest BCUT2D eigenvalue weighted by molar-refractivity contribution is 5.91. The fourth-order valence-corrected chi connectivity index (χ4v) is 2.87. The van der Waals surface area contributed by atoms with Gasteiger partial charge in [-0.1, -0.05) is 25.3 Å². The molecule has 7 heteroatoms. The van der Waals surface area contributed by atoms with Gasteiger partial charge in [0.2, 0.25) is 0 Å². The summed E-state index contributed by atoms with van der Waals surface area (Å²) in [4.78, 5) is 11.9. The van der Waals surface area contributed by atoms with E-state index in [0.717, 1.165) is 37.8 Å². The van der Waals surface area contributed by atoms with Crippen molar-refractivity contribution < 1.29 is 18.3 Å². The van der Waals surface area contributed by atoms with Crippen LogP contribution >= 0.6 is 0 Å². The van der Waals surface area contributed by atoms with E-state index in [1.807, 2.05) is 0 Å². The van der Waals surface area contributed by atoms with Crippen LogP contribution in [0, 0.1) is 11.6 Å². The molecule has 0 aliphatic heterocycles. The van der Waals surface area contributed by atoms with Gasteiger partial charge < -0.3 is 10.1 Å². The molecule has 3 rings (SSSR count). The summed E-state index contributed by atoms with van der Waals surface area (Å²) in [6, 6.07) is 5.00. The Morgan fingerprint density at radius 1 is 1.25 bits per heavy atom. The molecule has 1 aliphatic rings. The van der Waals surface area contributed by atoms with Crippen molar-refractivity contribution in [1.29, 1.82) is 0 Å². The highest BCUT2D eigenvalue weighted by atomic mass is 19.1. The van der Waals surface area contributed by atoms with E-state index in [2.05, 4.69) is 15.5 Å². The molecule has 1 aromatic heterocycles. The Bertz CT molecular complexity index is 691. The lowest BCUT2D eigenvalue weighted by Crippen LogP contribution is -2.24. The molecule has 1 aliphatic carbocycles. The molecule has 0 spiro atoms. The van der Waals surface area contributed by atoms with Gasteiger partial charge in [0.25, 0.3) is 5.91 Å². The number of aromatic nitrogens is 2. The number of benzene rings is 1. The van der Waals surface area contributed by atoms with Crippen LogP contribution in [-0.4, -0.2) is 28.8 Å². The first-order valence-corrected chi connectivity index (χ1v) is 8.05. The van der Waals surface area contributed by atoms with Crippen molar-refractivity contribution >= 4 is 11.7 Å². The lowest BCUT2D eigenvalue weighted by molar-refractivity contribution is -0.123. The summed E-state index contributed by atoms with van der Waals surface area (Å²) in [6.07, 6.45) is 5.56. The smallest absolute Gasteiger partial charge is 0.251 e. The molecule has 1 saturated carbocycles. The first-order valence-electron chi connectivity index (χ1n) is 8.05. The van der Waals surface area contributed by atoms with E-state index in [-0.39, 0.29) is 35.7 Å². The molecule has 1 heterocycles. The van der Waals surface area contributed by atoms with Crippen LogP contribution in [0.15, 0.2) is 24.3 Å². The Balaban J connectivity index is 1.58. The molecule has 5 nitrogen and oxygen atoms in total. The number of aromatic amines is 1. The Morgan fingerprint density at radius 3 is 2.67 bits per heavy atom. The fraction of sp³-hybridized carbons (Fsp3) is 0.412. The number of hydrogen-bond acceptors (Lipinski definition) is 3. The number of amides is 1. The third-order valence-electron chi connectivity index (χ3n) is 4.08. The minimum Gasteiger partial charge on any atom is -0.368 e. The van der Waals surface area contributed by atoms with Crippen LogP contribution in [0.2, 0.25) is 0 Å². The number of hydrogen-bond donors (Lipinski definition) is 2. The lowest BCUT2D eigenvalue weighted by Gasteiger charge is -2.21. The molecule has 0 radical (unpaired) electrons. The first-order chi connectivity index (χ1) is 11.6. The number of carbonyl (C=O) groups excluding carboxylic acids is 1. The molecule has 0 bridgehead atoms. The fourth-order valence-electron chi connectivity index (χ4n) is 2.87. The molecule has 0 unspecified atom stereocenters. The topological polar surface area (TPSA) is 67.0 Å². The molecule has 2 aromatic rings. The van der Waals surface area contributed by atoms with Crippen molar-refractivity contribution in [1.82, 2.24) is 10.2 Å². The van der Waals surface area contributed by atoms with Crippen molar-refractivity contribution in [2.24, 2.45) is 0 Å². The Kier molecular flexibility index (Phi) is 5.20. The second-order valence-electron chi connectivity index (χ2n) is 5.88. The number of halogens is 2. The van der Waals surface area contributed by atoms with Crippen LogP contribution in [0.4, 0.5) is 14.6 Å². The summed E-state index contributed by atoms with van der Waals surface area (Å²) in [7, 11) is 0. The summed E-state index contributed by atoms with van der Waals surface area (Å²) in [6.45, 7) is -0.0546. The molecule has 1 fully saturated rings. The average Bonchev–Trinajstić information content (AvgIpc) is 3.02. The Hall–Kier alpha value is -2.28. The monoisotopic (exact) mass is 335 g/mol. The maximum atomic E-state index is 13.7. The molecule has 1 amide bonds. The maximum absolute atomic E-state index is 13.7. The van der Waals surface area contributed by atoms with Gasteiger partial charge in [-0.3, -0.25) is 9.89 Å². The third kappa shape index (κ3) is 3.97. The molecular weight excluding hydrogens is 316 g/mol. The first kappa shape index (κ1) is 16.6. The van der Waals surface area contributed by atoms with E-state index < -0.39 is 11.6 Å². The second kappa shape index (κ2) is 7.53. The zero-order valence-corrected chi connectivity index (χ0v) is 13.1. The highest BCUT2D eigenvalue weighted by Crippen LogP contribution is 2.26. The highest BCUT2D eigenvalue weighted by Gasteiger charge is 2.17. The molecule has 0 saturated heterocycles. The van der Waals surface area contributed by atoms with Gasteiger partial charge in [0.1, 0.15) is 18.2 Å². The van der Waals surface area contributed by atoms with Crippen LogP contribution in [0.1, 0.15) is 32.1 Å². The SMILES string of the molecule is O=C(COC1CCCCC1)Nc1cc(-c2c(F)cccc2F)[nH]n1. The van der Waals surface area contributed by atoms with E-state index in [1.54, 1.807) is 0 Å². The van der Waals surface area contributed by atoms with E-state index in [1.165, 1.54) is 18.6 Å². The van der Waals surface area contributed by atoms with Crippen LogP contribution < -0.4 is 5.32 Å². The second-order valence-corrected chi connectivity index (χ2v) is 5.88. The molecule has 1 aromatic carbocycles. The number of nitrogens with zero attached hydrogens (tertiary/aromatic N) is 1. The zero-order chi connectivity index (χ0) is 16.9. The molecule has 0 atom stereocenters. The van der Waals surface area contributed by atoms with Crippen molar-refractivity contribution in [3.8, 4) is 11.3 Å². The number of anilines is 1. The summed E-state index contributed by atoms with van der Waals surface area (Å²) in [5.41, 5.74) is -0.0435. The van der Waals surface area contributed by atoms with Crippen molar-refractivity contribution in [2.45, 2.75) is 38.2 Å². The van der Waals surface area contributed by atoms with Gasteiger partial charge >= 0.3 is 0 Å². The minimum absolute atomic E-state index is 0.0546. The Morgan fingerprint density at radius 2 is 1.96 bits per heavy atom. The largest absolute Gasteiger partial charge is 0.368 e. The van der Waals surface area contributed by atoms with Gasteiger partial charge in [0.05, 0.1) is 17.4 Å². The maximum Gasteiger partial charge on any atom is 0.251 e. The van der Waals surface area contributed by atoms with Gasteiger partial charge in [-0.05, 0) is 25.0 Å². The minimum atomic E-state index is -0.697. The van der Waals surface area contributed by atoms with Crippen LogP contribution in [-0.2, 0) is 9.53 Å². The van der Waals surface area contributed by atoms with Crippen molar-refractivity contribution in [3.63, 3.8) is 0 Å². The van der Waals surface area contributed by atoms with Gasteiger partial charge in [-0.2, -0.15) is 5.10 Å². The summed E-state index contributed by atoms with van der Waals surface area (Å²) < 4.78 is 33.1. The van der Waals surface area contributed by atoms with Gasteiger partial charge in [0.15, 0.2) is 5.82 Å². The summed E-state index contributed by atoms with van der Waals surface area (Å²) in [5.74, 6) is -1.54. The average molecular weight is 335 g/mol. The normalized spacial score (nSPS) is 15.4. The number of rotatable bonds is 5. The van der Waals surface area contributed by atoms with Crippen LogP contribution in [0.25, 0.3) is 11.3 Å². The van der Waals surface area contributed by atoms with Crippen LogP contribution in [0.3, 0.4) is 0 Å². The van der Waals surface area contributed by atoms with E-state index in [0.29, 0.717) is 0 Å². The van der Waals surface area contributed by atoms with Crippen LogP contribution in [0.5, 0.6) is 0 Å². The van der Waals surface area contributed by atoms with E-state index in [4.69, 9.17) is 4.74 Å². The third-order valence-corrected chi connectivity index (χ3v) is 4.08. The molecule has 24 heavy (non-hydrogen) atoms. The Labute approximate surface area is 138 Å². The van der Waals surface area contributed by atoms with Crippen molar-refractivity contribution in [2.75, 3.05) is 11.9 Å². The van der Waals surface area contributed by atoms with Gasteiger partial charge in [-0.25, -0.2) is 8.78 Å². The summed E-state index contributed by atoms with van der Waals surface area (Å²) in [5, 5.41) is 8.95. The predicted molar refractivity (Wildman–Crippen MR) is 85.4 cm³/mol. The number of carbonyl (C=O) groups is 1. The number of ether oxygens (including phenoxy) is 1. The summed E-state index contributed by atoms with van der Waals surface area (Å²) >= 11 is 0. The van der Waals surface area contributed by atoms with Gasteiger partial charge in [0, 0.05) is 6.07 Å². The number of H-pyrrole nitrogens is 1. The quantitative estimate of drug-likeness (QED) is 0.876. The molecule has 2 N–H and O–H groups in total. The lowest BCUT2D eigenvalue weighted by atomic mass is 9.98. The predicted octanol–water partition coefficient (Wildman–Crippen LogP) is 3.64. The van der Waals surface area contributed by atoms with E-state index >= 15 is 0 Å².